The van der Waals surface area contributed by atoms with Crippen molar-refractivity contribution in [1.29, 1.82) is 0 Å². The summed E-state index contributed by atoms with van der Waals surface area (Å²) >= 11 is 1.54. The standard InChI is InChI=1S/C19H26N2O3S2/c1-5-21(6-2)26(22,23)18-7-8-19(20-14-18)25-10-9-24-17-12-15(3)11-16(4)13-17/h7-8,11-14H,5-6,9-10H2,1-4H3. The summed E-state index contributed by atoms with van der Waals surface area (Å²) in [6.45, 7) is 9.21. The average molecular weight is 395 g/mol. The Morgan fingerprint density at radius 1 is 1.08 bits per heavy atom. The van der Waals surface area contributed by atoms with Gasteiger partial charge in [-0.05, 0) is 49.2 Å². The van der Waals surface area contributed by atoms with Gasteiger partial charge in [0, 0.05) is 25.0 Å². The molecule has 0 aliphatic carbocycles. The first-order valence-corrected chi connectivity index (χ1v) is 11.1. The van der Waals surface area contributed by atoms with Crippen molar-refractivity contribution < 1.29 is 13.2 Å². The van der Waals surface area contributed by atoms with Gasteiger partial charge in [-0.15, -0.1) is 11.8 Å². The molecule has 0 bridgehead atoms. The van der Waals surface area contributed by atoms with Gasteiger partial charge in [-0.1, -0.05) is 19.9 Å². The second-order valence-corrected chi connectivity index (χ2v) is 8.99. The fourth-order valence-electron chi connectivity index (χ4n) is 2.64. The van der Waals surface area contributed by atoms with Crippen LogP contribution in [0.3, 0.4) is 0 Å². The van der Waals surface area contributed by atoms with Crippen molar-refractivity contribution in [2.45, 2.75) is 37.6 Å². The molecular weight excluding hydrogens is 368 g/mol. The summed E-state index contributed by atoms with van der Waals surface area (Å²) in [6.07, 6.45) is 1.43. The molecule has 2 rings (SSSR count). The molecule has 0 saturated heterocycles. The van der Waals surface area contributed by atoms with E-state index >= 15 is 0 Å². The van der Waals surface area contributed by atoms with Gasteiger partial charge in [0.2, 0.25) is 10.0 Å². The molecule has 5 nitrogen and oxygen atoms in total. The van der Waals surface area contributed by atoms with Crippen LogP contribution in [0.1, 0.15) is 25.0 Å². The maximum atomic E-state index is 12.4. The van der Waals surface area contributed by atoms with Crippen LogP contribution in [0.15, 0.2) is 46.5 Å². The molecule has 0 aliphatic rings. The van der Waals surface area contributed by atoms with Gasteiger partial charge in [-0.3, -0.25) is 0 Å². The van der Waals surface area contributed by atoms with Crippen molar-refractivity contribution in [2.75, 3.05) is 25.4 Å². The number of sulfonamides is 1. The predicted molar refractivity (Wildman–Crippen MR) is 106 cm³/mol. The molecular formula is C19H26N2O3S2. The zero-order valence-electron chi connectivity index (χ0n) is 15.7. The first kappa shape index (κ1) is 20.7. The Kier molecular flexibility index (Phi) is 7.49. The number of aromatic nitrogens is 1. The van der Waals surface area contributed by atoms with Gasteiger partial charge >= 0.3 is 0 Å². The molecule has 0 spiro atoms. The predicted octanol–water partition coefficient (Wildman–Crippen LogP) is 3.90. The summed E-state index contributed by atoms with van der Waals surface area (Å²) in [7, 11) is -3.45. The quantitative estimate of drug-likeness (QED) is 0.477. The SMILES string of the molecule is CCN(CC)S(=O)(=O)c1ccc(SCCOc2cc(C)cc(C)c2)nc1. The third-order valence-corrected chi connectivity index (χ3v) is 6.79. The van der Waals surface area contributed by atoms with E-state index in [0.29, 0.717) is 19.7 Å². The maximum absolute atomic E-state index is 12.4. The van der Waals surface area contributed by atoms with E-state index in [4.69, 9.17) is 4.74 Å². The van der Waals surface area contributed by atoms with Crippen LogP contribution in [0.25, 0.3) is 0 Å². The molecule has 0 atom stereocenters. The summed E-state index contributed by atoms with van der Waals surface area (Å²) in [5.41, 5.74) is 2.36. The highest BCUT2D eigenvalue weighted by Gasteiger charge is 2.21. The minimum Gasteiger partial charge on any atom is -0.493 e. The lowest BCUT2D eigenvalue weighted by Crippen LogP contribution is -2.30. The van der Waals surface area contributed by atoms with Gasteiger partial charge < -0.3 is 4.74 Å². The zero-order chi connectivity index (χ0) is 19.2. The largest absolute Gasteiger partial charge is 0.493 e. The van der Waals surface area contributed by atoms with E-state index in [9.17, 15) is 8.42 Å². The third kappa shape index (κ3) is 5.46. The summed E-state index contributed by atoms with van der Waals surface area (Å²) in [5.74, 6) is 1.61. The number of ether oxygens (including phenoxy) is 1. The lowest BCUT2D eigenvalue weighted by molar-refractivity contribution is 0.343. The Balaban J connectivity index is 1.89. The zero-order valence-corrected chi connectivity index (χ0v) is 17.4. The van der Waals surface area contributed by atoms with E-state index in [1.165, 1.54) is 21.6 Å². The van der Waals surface area contributed by atoms with Crippen molar-refractivity contribution >= 4 is 21.8 Å². The van der Waals surface area contributed by atoms with Crippen LogP contribution in [0.4, 0.5) is 0 Å². The molecule has 26 heavy (non-hydrogen) atoms. The second-order valence-electron chi connectivity index (χ2n) is 5.94. The second kappa shape index (κ2) is 9.39. The molecule has 1 heterocycles. The molecule has 7 heteroatoms. The average Bonchev–Trinajstić information content (AvgIpc) is 2.59. The van der Waals surface area contributed by atoms with Gasteiger partial charge in [0.25, 0.3) is 0 Å². The van der Waals surface area contributed by atoms with E-state index in [0.717, 1.165) is 16.5 Å². The van der Waals surface area contributed by atoms with E-state index in [1.807, 2.05) is 39.8 Å². The van der Waals surface area contributed by atoms with Crippen LogP contribution < -0.4 is 4.74 Å². The minimum absolute atomic E-state index is 0.233. The first-order chi connectivity index (χ1) is 12.4. The molecule has 0 fully saturated rings. The van der Waals surface area contributed by atoms with Crippen molar-refractivity contribution in [3.8, 4) is 5.75 Å². The Bertz CT molecular complexity index is 797. The van der Waals surface area contributed by atoms with E-state index < -0.39 is 10.0 Å². The molecule has 142 valence electrons. The molecule has 2 aromatic rings. The highest BCUT2D eigenvalue weighted by atomic mass is 32.2. The summed E-state index contributed by atoms with van der Waals surface area (Å²) in [4.78, 5) is 4.50. The van der Waals surface area contributed by atoms with Crippen molar-refractivity contribution in [3.05, 3.63) is 47.7 Å². The van der Waals surface area contributed by atoms with E-state index in [1.54, 1.807) is 23.9 Å². The minimum atomic E-state index is -3.45. The number of rotatable bonds is 9. The normalized spacial score (nSPS) is 11.7. The van der Waals surface area contributed by atoms with Gasteiger partial charge in [0.15, 0.2) is 0 Å². The van der Waals surface area contributed by atoms with Crippen LogP contribution in [0, 0.1) is 13.8 Å². The van der Waals surface area contributed by atoms with Gasteiger partial charge in [-0.25, -0.2) is 13.4 Å². The highest BCUT2D eigenvalue weighted by Crippen LogP contribution is 2.21. The van der Waals surface area contributed by atoms with Crippen LogP contribution in [-0.4, -0.2) is 43.2 Å². The first-order valence-electron chi connectivity index (χ1n) is 8.67. The number of thioether (sulfide) groups is 1. The number of hydrogen-bond donors (Lipinski definition) is 0. The molecule has 1 aromatic carbocycles. The molecule has 0 aliphatic heterocycles. The maximum Gasteiger partial charge on any atom is 0.244 e. The summed E-state index contributed by atoms with van der Waals surface area (Å²) in [6, 6.07) is 9.51. The molecule has 1 aromatic heterocycles. The van der Waals surface area contributed by atoms with Gasteiger partial charge in [-0.2, -0.15) is 4.31 Å². The van der Waals surface area contributed by atoms with Gasteiger partial charge in [0.05, 0.1) is 11.6 Å². The third-order valence-electron chi connectivity index (χ3n) is 3.85. The number of benzene rings is 1. The Hall–Kier alpha value is -1.57. The van der Waals surface area contributed by atoms with Crippen LogP contribution in [0.5, 0.6) is 5.75 Å². The molecule has 0 radical (unpaired) electrons. The smallest absolute Gasteiger partial charge is 0.244 e. The number of hydrogen-bond acceptors (Lipinski definition) is 5. The topological polar surface area (TPSA) is 59.5 Å². The van der Waals surface area contributed by atoms with E-state index in [-0.39, 0.29) is 4.90 Å². The van der Waals surface area contributed by atoms with Crippen LogP contribution in [-0.2, 0) is 10.0 Å². The van der Waals surface area contributed by atoms with Crippen LogP contribution in [0.2, 0.25) is 0 Å². The lowest BCUT2D eigenvalue weighted by Gasteiger charge is -2.18. The molecule has 0 N–H and O–H groups in total. The molecule has 0 unspecified atom stereocenters. The van der Waals surface area contributed by atoms with Crippen molar-refractivity contribution in [1.82, 2.24) is 9.29 Å². The fourth-order valence-corrected chi connectivity index (χ4v) is 4.71. The van der Waals surface area contributed by atoms with Crippen molar-refractivity contribution in [3.63, 3.8) is 0 Å². The fraction of sp³-hybridized carbons (Fsp3) is 0.421. The number of aryl methyl sites for hydroxylation is 2. The number of nitrogens with zero attached hydrogens (tertiary/aromatic N) is 2. The highest BCUT2D eigenvalue weighted by molar-refractivity contribution is 7.99. The van der Waals surface area contributed by atoms with E-state index in [2.05, 4.69) is 11.1 Å². The Morgan fingerprint density at radius 2 is 1.73 bits per heavy atom. The Labute approximate surface area is 160 Å². The van der Waals surface area contributed by atoms with Gasteiger partial charge in [0.1, 0.15) is 10.6 Å². The molecule has 0 saturated carbocycles. The monoisotopic (exact) mass is 394 g/mol. The number of pyridine rings is 1. The van der Waals surface area contributed by atoms with Crippen molar-refractivity contribution in [2.24, 2.45) is 0 Å². The molecule has 0 amide bonds. The summed E-state index contributed by atoms with van der Waals surface area (Å²) < 4.78 is 32.1. The summed E-state index contributed by atoms with van der Waals surface area (Å²) in [5, 5.41) is 0.785. The van der Waals surface area contributed by atoms with Crippen LogP contribution >= 0.6 is 11.8 Å². The Morgan fingerprint density at radius 3 is 2.27 bits per heavy atom. The lowest BCUT2D eigenvalue weighted by atomic mass is 10.1.